The monoisotopic (exact) mass is 346 g/mol. The van der Waals surface area contributed by atoms with Gasteiger partial charge in [0.2, 0.25) is 0 Å². The molecule has 5 nitrogen and oxygen atoms in total. The first kappa shape index (κ1) is 17.6. The fourth-order valence-electron chi connectivity index (χ4n) is 2.66. The lowest BCUT2D eigenvalue weighted by Gasteiger charge is -2.15. The molecule has 0 saturated carbocycles. The molecule has 2 atom stereocenters. The first-order valence-electron chi connectivity index (χ1n) is 8.63. The summed E-state index contributed by atoms with van der Waals surface area (Å²) in [6, 6.07) is 19.9. The topological polar surface area (TPSA) is 66.9 Å². The highest BCUT2D eigenvalue weighted by Crippen LogP contribution is 2.17. The van der Waals surface area contributed by atoms with Gasteiger partial charge in [0.25, 0.3) is 5.91 Å². The van der Waals surface area contributed by atoms with Gasteiger partial charge in [-0.3, -0.25) is 4.79 Å². The van der Waals surface area contributed by atoms with Gasteiger partial charge in [-0.05, 0) is 25.0 Å². The largest absolute Gasteiger partial charge is 0.362 e. The molecule has 0 radical (unpaired) electrons. The number of benzene rings is 2. The molecular weight excluding hydrogens is 324 g/mol. The summed E-state index contributed by atoms with van der Waals surface area (Å²) in [5, 5.41) is 6.22. The van der Waals surface area contributed by atoms with Gasteiger partial charge >= 0.3 is 0 Å². The van der Waals surface area contributed by atoms with Crippen molar-refractivity contribution in [3.8, 4) is 0 Å². The minimum Gasteiger partial charge on any atom is -0.362 e. The molecule has 2 N–H and O–H groups in total. The zero-order valence-electron chi connectivity index (χ0n) is 14.9. The SMILES string of the molecule is CC(NC(=O)c1cnc(NC(C)c2ccccc2)cn1)c1ccccc1. The Balaban J connectivity index is 1.61. The predicted octanol–water partition coefficient (Wildman–Crippen LogP) is 4.14. The van der Waals surface area contributed by atoms with Crippen LogP contribution >= 0.6 is 0 Å². The Kier molecular flexibility index (Phi) is 5.59. The second kappa shape index (κ2) is 8.25. The number of hydrogen-bond donors (Lipinski definition) is 2. The summed E-state index contributed by atoms with van der Waals surface area (Å²) in [5.74, 6) is 0.394. The van der Waals surface area contributed by atoms with E-state index in [1.54, 1.807) is 6.20 Å². The molecule has 1 heterocycles. The molecule has 0 aliphatic carbocycles. The van der Waals surface area contributed by atoms with Crippen molar-refractivity contribution < 1.29 is 4.79 Å². The highest BCUT2D eigenvalue weighted by Gasteiger charge is 2.13. The number of carbonyl (C=O) groups is 1. The van der Waals surface area contributed by atoms with Crippen LogP contribution in [0.3, 0.4) is 0 Å². The number of nitrogens with zero attached hydrogens (tertiary/aromatic N) is 2. The van der Waals surface area contributed by atoms with Gasteiger partial charge in [0.15, 0.2) is 0 Å². The number of amides is 1. The number of hydrogen-bond acceptors (Lipinski definition) is 4. The van der Waals surface area contributed by atoms with E-state index in [1.165, 1.54) is 6.20 Å². The maximum absolute atomic E-state index is 12.3. The van der Waals surface area contributed by atoms with Gasteiger partial charge in [-0.2, -0.15) is 0 Å². The molecule has 3 aromatic rings. The van der Waals surface area contributed by atoms with E-state index in [0.717, 1.165) is 11.1 Å². The van der Waals surface area contributed by atoms with Crippen molar-refractivity contribution in [2.24, 2.45) is 0 Å². The van der Waals surface area contributed by atoms with Crippen molar-refractivity contribution in [2.75, 3.05) is 5.32 Å². The Hall–Kier alpha value is -3.21. The van der Waals surface area contributed by atoms with Gasteiger partial charge in [0, 0.05) is 6.04 Å². The highest BCUT2D eigenvalue weighted by molar-refractivity contribution is 5.92. The molecule has 26 heavy (non-hydrogen) atoms. The van der Waals surface area contributed by atoms with Crippen LogP contribution in [0.2, 0.25) is 0 Å². The van der Waals surface area contributed by atoms with Crippen molar-refractivity contribution in [1.82, 2.24) is 15.3 Å². The number of rotatable bonds is 6. The van der Waals surface area contributed by atoms with Crippen molar-refractivity contribution >= 4 is 11.7 Å². The van der Waals surface area contributed by atoms with E-state index in [2.05, 4.69) is 39.7 Å². The molecule has 0 spiro atoms. The van der Waals surface area contributed by atoms with Crippen LogP contribution in [0.25, 0.3) is 0 Å². The van der Waals surface area contributed by atoms with Gasteiger partial charge in [0.1, 0.15) is 11.5 Å². The maximum atomic E-state index is 12.3. The molecule has 2 unspecified atom stereocenters. The first-order chi connectivity index (χ1) is 12.6. The van der Waals surface area contributed by atoms with Crippen molar-refractivity contribution in [1.29, 1.82) is 0 Å². The summed E-state index contributed by atoms with van der Waals surface area (Å²) in [6.45, 7) is 4.00. The van der Waals surface area contributed by atoms with E-state index >= 15 is 0 Å². The van der Waals surface area contributed by atoms with E-state index in [-0.39, 0.29) is 18.0 Å². The lowest BCUT2D eigenvalue weighted by Crippen LogP contribution is -2.27. The third-order valence-electron chi connectivity index (χ3n) is 4.20. The lowest BCUT2D eigenvalue weighted by molar-refractivity contribution is 0.0934. The number of anilines is 1. The molecule has 0 bridgehead atoms. The van der Waals surface area contributed by atoms with Gasteiger partial charge < -0.3 is 10.6 Å². The standard InChI is InChI=1S/C21H22N4O/c1-15(17-9-5-3-6-10-17)24-20-14-22-19(13-23-20)21(26)25-16(2)18-11-7-4-8-12-18/h3-16H,1-2H3,(H,23,24)(H,25,26). The van der Waals surface area contributed by atoms with Crippen LogP contribution in [-0.2, 0) is 0 Å². The summed E-state index contributed by atoms with van der Waals surface area (Å²) < 4.78 is 0. The second-order valence-corrected chi connectivity index (χ2v) is 6.17. The second-order valence-electron chi connectivity index (χ2n) is 6.17. The Labute approximate surface area is 153 Å². The normalized spacial score (nSPS) is 12.8. The molecule has 132 valence electrons. The molecule has 1 amide bonds. The minimum absolute atomic E-state index is 0.0959. The van der Waals surface area contributed by atoms with E-state index in [4.69, 9.17) is 0 Å². The Morgan fingerprint density at radius 1 is 0.808 bits per heavy atom. The highest BCUT2D eigenvalue weighted by atomic mass is 16.1. The van der Waals surface area contributed by atoms with Crippen LogP contribution in [0, 0.1) is 0 Å². The van der Waals surface area contributed by atoms with Crippen LogP contribution in [0.5, 0.6) is 0 Å². The van der Waals surface area contributed by atoms with E-state index < -0.39 is 0 Å². The Bertz CT molecular complexity index is 835. The zero-order valence-corrected chi connectivity index (χ0v) is 14.9. The van der Waals surface area contributed by atoms with Gasteiger partial charge in [-0.1, -0.05) is 60.7 Å². The average molecular weight is 346 g/mol. The van der Waals surface area contributed by atoms with Crippen LogP contribution in [-0.4, -0.2) is 15.9 Å². The first-order valence-corrected chi connectivity index (χ1v) is 8.63. The van der Waals surface area contributed by atoms with Crippen LogP contribution < -0.4 is 10.6 Å². The minimum atomic E-state index is -0.239. The van der Waals surface area contributed by atoms with Crippen LogP contribution in [0.4, 0.5) is 5.82 Å². The lowest BCUT2D eigenvalue weighted by atomic mass is 10.1. The van der Waals surface area contributed by atoms with E-state index in [1.807, 2.05) is 55.5 Å². The number of aromatic nitrogens is 2. The maximum Gasteiger partial charge on any atom is 0.271 e. The van der Waals surface area contributed by atoms with Gasteiger partial charge in [-0.15, -0.1) is 0 Å². The van der Waals surface area contributed by atoms with Crippen LogP contribution in [0.15, 0.2) is 73.1 Å². The van der Waals surface area contributed by atoms with Crippen molar-refractivity contribution in [2.45, 2.75) is 25.9 Å². The number of nitrogens with one attached hydrogen (secondary N) is 2. The fourth-order valence-corrected chi connectivity index (χ4v) is 2.66. The molecule has 5 heteroatoms. The molecule has 0 aliphatic rings. The third kappa shape index (κ3) is 4.45. The van der Waals surface area contributed by atoms with Crippen molar-refractivity contribution in [3.05, 3.63) is 89.9 Å². The smallest absolute Gasteiger partial charge is 0.271 e. The summed E-state index contributed by atoms with van der Waals surface area (Å²) in [5.41, 5.74) is 2.50. The summed E-state index contributed by atoms with van der Waals surface area (Å²) in [7, 11) is 0. The van der Waals surface area contributed by atoms with E-state index in [9.17, 15) is 4.79 Å². The quantitative estimate of drug-likeness (QED) is 0.704. The third-order valence-corrected chi connectivity index (χ3v) is 4.20. The molecule has 0 fully saturated rings. The van der Waals surface area contributed by atoms with Gasteiger partial charge in [0.05, 0.1) is 18.4 Å². The fraction of sp³-hybridized carbons (Fsp3) is 0.190. The Morgan fingerprint density at radius 3 is 1.92 bits per heavy atom. The number of carbonyl (C=O) groups excluding carboxylic acids is 1. The summed E-state index contributed by atoms with van der Waals surface area (Å²) in [6.07, 6.45) is 3.08. The molecular formula is C21H22N4O. The summed E-state index contributed by atoms with van der Waals surface area (Å²) in [4.78, 5) is 20.9. The Morgan fingerprint density at radius 2 is 1.38 bits per heavy atom. The molecule has 1 aromatic heterocycles. The summed E-state index contributed by atoms with van der Waals surface area (Å²) >= 11 is 0. The molecule has 3 rings (SSSR count). The molecule has 0 aliphatic heterocycles. The van der Waals surface area contributed by atoms with E-state index in [0.29, 0.717) is 11.5 Å². The molecule has 0 saturated heterocycles. The van der Waals surface area contributed by atoms with Gasteiger partial charge in [-0.25, -0.2) is 9.97 Å². The predicted molar refractivity (Wildman–Crippen MR) is 103 cm³/mol. The molecule has 2 aromatic carbocycles. The van der Waals surface area contributed by atoms with Crippen molar-refractivity contribution in [3.63, 3.8) is 0 Å². The average Bonchev–Trinajstić information content (AvgIpc) is 2.69. The zero-order chi connectivity index (χ0) is 18.4. The van der Waals surface area contributed by atoms with Crippen LogP contribution in [0.1, 0.15) is 47.5 Å².